The zero-order chi connectivity index (χ0) is 22.1. The molecule has 0 fully saturated rings. The van der Waals surface area contributed by atoms with Gasteiger partial charge in [-0.2, -0.15) is 0 Å². The van der Waals surface area contributed by atoms with Gasteiger partial charge in [0.25, 0.3) is 5.56 Å². The Balaban J connectivity index is 1.98. The molecule has 6 nitrogen and oxygen atoms in total. The van der Waals surface area contributed by atoms with Crippen LogP contribution in [0.3, 0.4) is 0 Å². The van der Waals surface area contributed by atoms with Crippen LogP contribution < -0.4 is 15.7 Å². The number of nitrogens with zero attached hydrogens (tertiary/aromatic N) is 2. The van der Waals surface area contributed by atoms with Crippen molar-refractivity contribution < 1.29 is 31.5 Å². The number of benzene rings is 2. The molecular weight excluding hydrogens is 413 g/mol. The second-order valence-corrected chi connectivity index (χ2v) is 6.21. The van der Waals surface area contributed by atoms with Gasteiger partial charge in [0.15, 0.2) is 5.75 Å². The second-order valence-electron chi connectivity index (χ2n) is 6.21. The van der Waals surface area contributed by atoms with Crippen LogP contribution in [0, 0.1) is 11.6 Å². The van der Waals surface area contributed by atoms with E-state index < -0.39 is 41.6 Å². The van der Waals surface area contributed by atoms with E-state index in [1.807, 2.05) is 0 Å². The summed E-state index contributed by atoms with van der Waals surface area (Å²) < 4.78 is 69.2. The Kier molecular flexibility index (Phi) is 5.72. The summed E-state index contributed by atoms with van der Waals surface area (Å²) in [6, 6.07) is 6.01. The second kappa shape index (κ2) is 8.09. The lowest BCUT2D eigenvalue weighted by Gasteiger charge is -2.15. The average Bonchev–Trinajstić information content (AvgIpc) is 2.62. The highest BCUT2D eigenvalue weighted by atomic mass is 19.4. The van der Waals surface area contributed by atoms with Crippen LogP contribution in [0.15, 0.2) is 41.2 Å². The molecule has 158 valence electrons. The maximum absolute atomic E-state index is 13.3. The fraction of sp³-hybridized carbons (Fsp3) is 0.211. The quantitative estimate of drug-likeness (QED) is 0.634. The number of halogens is 5. The van der Waals surface area contributed by atoms with E-state index in [-0.39, 0.29) is 28.7 Å². The van der Waals surface area contributed by atoms with Gasteiger partial charge in [0.2, 0.25) is 5.91 Å². The maximum atomic E-state index is 13.3. The van der Waals surface area contributed by atoms with Crippen LogP contribution in [0.1, 0.15) is 18.3 Å². The summed E-state index contributed by atoms with van der Waals surface area (Å²) in [6.45, 7) is 1.57. The largest absolute Gasteiger partial charge is 0.573 e. The molecule has 2 aromatic carbocycles. The number of amides is 1. The Morgan fingerprint density at radius 2 is 1.83 bits per heavy atom. The number of carbonyl (C=O) groups excluding carboxylic acids is 1. The van der Waals surface area contributed by atoms with Gasteiger partial charge in [-0.1, -0.05) is 13.0 Å². The molecule has 0 saturated heterocycles. The number of rotatable bonds is 5. The van der Waals surface area contributed by atoms with Crippen LogP contribution in [0.5, 0.6) is 5.75 Å². The zero-order valence-corrected chi connectivity index (χ0v) is 15.4. The van der Waals surface area contributed by atoms with Gasteiger partial charge in [-0.15, -0.1) is 13.2 Å². The van der Waals surface area contributed by atoms with E-state index in [0.717, 1.165) is 22.9 Å². The third-order valence-electron chi connectivity index (χ3n) is 4.00. The van der Waals surface area contributed by atoms with E-state index in [2.05, 4.69) is 15.1 Å². The number of nitrogens with one attached hydrogen (secondary N) is 1. The Labute approximate surface area is 165 Å². The number of carbonyl (C=O) groups is 1. The average molecular weight is 427 g/mol. The Morgan fingerprint density at radius 1 is 1.17 bits per heavy atom. The van der Waals surface area contributed by atoms with Crippen molar-refractivity contribution in [3.05, 3.63) is 69.8 Å². The van der Waals surface area contributed by atoms with Crippen molar-refractivity contribution in [1.29, 1.82) is 0 Å². The molecule has 30 heavy (non-hydrogen) atoms. The highest BCUT2D eigenvalue weighted by Crippen LogP contribution is 2.28. The molecule has 0 aliphatic rings. The maximum Gasteiger partial charge on any atom is 0.573 e. The summed E-state index contributed by atoms with van der Waals surface area (Å²) in [5.74, 6) is -3.20. The Hall–Kier alpha value is -3.50. The molecular formula is C19H14F5N3O3. The number of aryl methyl sites for hydroxylation is 1. The lowest BCUT2D eigenvalue weighted by Crippen LogP contribution is -2.37. The summed E-state index contributed by atoms with van der Waals surface area (Å²) in [4.78, 5) is 29.1. The lowest BCUT2D eigenvalue weighted by molar-refractivity contribution is -0.274. The number of aromatic nitrogens is 2. The van der Waals surface area contributed by atoms with Gasteiger partial charge in [0.05, 0.1) is 11.8 Å². The molecule has 0 radical (unpaired) electrons. The summed E-state index contributed by atoms with van der Waals surface area (Å²) >= 11 is 0. The normalized spacial score (nSPS) is 11.5. The minimum absolute atomic E-state index is 0.0331. The number of hydrogen-bond acceptors (Lipinski definition) is 4. The fourth-order valence-corrected chi connectivity index (χ4v) is 2.85. The third kappa shape index (κ3) is 4.73. The zero-order valence-electron chi connectivity index (χ0n) is 15.4. The predicted octanol–water partition coefficient (Wildman–Crippen LogP) is 3.45. The monoisotopic (exact) mass is 427 g/mol. The van der Waals surface area contributed by atoms with Gasteiger partial charge in [0.1, 0.15) is 23.0 Å². The summed E-state index contributed by atoms with van der Waals surface area (Å²) in [5.41, 5.74) is 1.16. The van der Waals surface area contributed by atoms with Crippen molar-refractivity contribution in [2.24, 2.45) is 0 Å². The first-order valence-corrected chi connectivity index (χ1v) is 8.62. The number of hydrogen-bond donors (Lipinski definition) is 1. The van der Waals surface area contributed by atoms with Crippen LogP contribution in [0.25, 0.3) is 10.9 Å². The minimum atomic E-state index is -4.98. The number of alkyl halides is 3. The smallest absolute Gasteiger partial charge is 0.403 e. The number of para-hydroxylation sites is 1. The van der Waals surface area contributed by atoms with Crippen LogP contribution in [-0.2, 0) is 17.6 Å². The molecule has 1 aromatic heterocycles. The van der Waals surface area contributed by atoms with Crippen LogP contribution in [-0.4, -0.2) is 21.9 Å². The van der Waals surface area contributed by atoms with E-state index in [1.165, 1.54) is 12.1 Å². The summed E-state index contributed by atoms with van der Waals surface area (Å²) in [6.07, 6.45) is -5.34. The molecule has 0 aliphatic carbocycles. The molecule has 0 atom stereocenters. The first-order valence-electron chi connectivity index (χ1n) is 8.62. The Morgan fingerprint density at radius 3 is 2.43 bits per heavy atom. The molecule has 3 aromatic rings. The molecule has 3 rings (SSSR count). The van der Waals surface area contributed by atoms with Crippen molar-refractivity contribution >= 4 is 16.8 Å². The lowest BCUT2D eigenvalue weighted by atomic mass is 10.1. The number of ether oxygens (including phenoxy) is 1. The van der Waals surface area contributed by atoms with Crippen LogP contribution >= 0.6 is 0 Å². The topological polar surface area (TPSA) is 73.2 Å². The molecule has 0 saturated carbocycles. The predicted molar refractivity (Wildman–Crippen MR) is 96.5 cm³/mol. The first-order chi connectivity index (χ1) is 14.1. The fourth-order valence-electron chi connectivity index (χ4n) is 2.85. The van der Waals surface area contributed by atoms with Crippen molar-refractivity contribution in [1.82, 2.24) is 9.66 Å². The van der Waals surface area contributed by atoms with Crippen LogP contribution in [0.2, 0.25) is 0 Å². The van der Waals surface area contributed by atoms with Crippen molar-refractivity contribution in [2.45, 2.75) is 26.1 Å². The van der Waals surface area contributed by atoms with Gasteiger partial charge in [-0.3, -0.25) is 15.0 Å². The number of fused-ring (bicyclic) bond motifs is 1. The summed E-state index contributed by atoms with van der Waals surface area (Å²) in [7, 11) is 0. The standard InChI is InChI=1S/C19H14F5N3O3/c1-2-15-25-17-13(4-3-5-14(17)30-19(22,23)24)18(29)27(15)26-16(28)8-10-6-11(20)9-12(21)7-10/h3-7,9H,2,8H2,1H3,(H,26,28). The molecule has 0 aliphatic heterocycles. The third-order valence-corrected chi connectivity index (χ3v) is 4.00. The molecule has 0 bridgehead atoms. The Bertz CT molecular complexity index is 1150. The molecule has 1 heterocycles. The van der Waals surface area contributed by atoms with E-state index in [0.29, 0.717) is 6.07 Å². The molecule has 1 N–H and O–H groups in total. The van der Waals surface area contributed by atoms with Gasteiger partial charge in [-0.05, 0) is 29.8 Å². The van der Waals surface area contributed by atoms with Gasteiger partial charge < -0.3 is 4.74 Å². The SMILES string of the molecule is CCc1nc2c(OC(F)(F)F)cccc2c(=O)n1NC(=O)Cc1cc(F)cc(F)c1. The van der Waals surface area contributed by atoms with Gasteiger partial charge in [0, 0.05) is 12.5 Å². The van der Waals surface area contributed by atoms with Gasteiger partial charge >= 0.3 is 6.36 Å². The van der Waals surface area contributed by atoms with E-state index >= 15 is 0 Å². The van der Waals surface area contributed by atoms with Crippen LogP contribution in [0.4, 0.5) is 22.0 Å². The first kappa shape index (κ1) is 21.2. The van der Waals surface area contributed by atoms with Crippen molar-refractivity contribution in [3.8, 4) is 5.75 Å². The van der Waals surface area contributed by atoms with E-state index in [1.54, 1.807) is 6.92 Å². The van der Waals surface area contributed by atoms with E-state index in [4.69, 9.17) is 0 Å². The highest BCUT2D eigenvalue weighted by Gasteiger charge is 2.32. The van der Waals surface area contributed by atoms with E-state index in [9.17, 15) is 31.5 Å². The van der Waals surface area contributed by atoms with Gasteiger partial charge in [-0.25, -0.2) is 18.4 Å². The van der Waals surface area contributed by atoms with Crippen molar-refractivity contribution in [2.75, 3.05) is 5.43 Å². The van der Waals surface area contributed by atoms with Crippen molar-refractivity contribution in [3.63, 3.8) is 0 Å². The molecule has 1 amide bonds. The summed E-state index contributed by atoms with van der Waals surface area (Å²) in [5, 5.41) is -0.217. The molecule has 11 heteroatoms. The molecule has 0 unspecified atom stereocenters. The highest BCUT2D eigenvalue weighted by molar-refractivity contribution is 5.87. The minimum Gasteiger partial charge on any atom is -0.403 e. The molecule has 0 spiro atoms.